The molecule has 7 heteroatoms. The van der Waals surface area contributed by atoms with E-state index in [1.807, 2.05) is 11.8 Å². The Morgan fingerprint density at radius 3 is 2.38 bits per heavy atom. The summed E-state index contributed by atoms with van der Waals surface area (Å²) in [5.41, 5.74) is 1.26. The molecule has 0 aliphatic carbocycles. The molecule has 2 rings (SSSR count). The van der Waals surface area contributed by atoms with E-state index in [0.717, 1.165) is 18.7 Å². The molecule has 24 heavy (non-hydrogen) atoms. The molecule has 0 aromatic heterocycles. The average Bonchev–Trinajstić information content (AvgIpc) is 2.54. The Balaban J connectivity index is 2.21. The SMILES string of the molecule is CCNS(=O)(=O)c1ccc(C)c(C(=O)N2CCN(C(C)C)CC2)c1. The van der Waals surface area contributed by atoms with Crippen molar-refractivity contribution < 1.29 is 13.2 Å². The number of carbonyl (C=O) groups excluding carboxylic acids is 1. The molecule has 1 saturated heterocycles. The lowest BCUT2D eigenvalue weighted by Crippen LogP contribution is -2.50. The average molecular weight is 353 g/mol. The molecule has 0 saturated carbocycles. The minimum atomic E-state index is -3.56. The van der Waals surface area contributed by atoms with Crippen LogP contribution in [0.5, 0.6) is 0 Å². The molecule has 1 N–H and O–H groups in total. The highest BCUT2D eigenvalue weighted by Crippen LogP contribution is 2.18. The smallest absolute Gasteiger partial charge is 0.254 e. The Morgan fingerprint density at radius 1 is 1.21 bits per heavy atom. The van der Waals surface area contributed by atoms with Crippen molar-refractivity contribution in [3.8, 4) is 0 Å². The van der Waals surface area contributed by atoms with E-state index in [4.69, 9.17) is 0 Å². The number of sulfonamides is 1. The fourth-order valence-electron chi connectivity index (χ4n) is 2.88. The number of nitrogens with zero attached hydrogens (tertiary/aromatic N) is 2. The summed E-state index contributed by atoms with van der Waals surface area (Å²) in [5, 5.41) is 0. The molecule has 0 radical (unpaired) electrons. The lowest BCUT2D eigenvalue weighted by Gasteiger charge is -2.37. The van der Waals surface area contributed by atoms with Gasteiger partial charge in [-0.2, -0.15) is 0 Å². The van der Waals surface area contributed by atoms with Gasteiger partial charge in [0.05, 0.1) is 4.90 Å². The summed E-state index contributed by atoms with van der Waals surface area (Å²) in [6.07, 6.45) is 0. The topological polar surface area (TPSA) is 69.7 Å². The van der Waals surface area contributed by atoms with Crippen LogP contribution >= 0.6 is 0 Å². The van der Waals surface area contributed by atoms with Crippen LogP contribution in [0.4, 0.5) is 0 Å². The molecule has 1 aromatic carbocycles. The zero-order valence-electron chi connectivity index (χ0n) is 14.9. The molecule has 134 valence electrons. The Bertz CT molecular complexity index is 693. The predicted molar refractivity (Wildman–Crippen MR) is 94.7 cm³/mol. The first kappa shape index (κ1) is 18.9. The highest BCUT2D eigenvalue weighted by atomic mass is 32.2. The molecule has 6 nitrogen and oxygen atoms in total. The third kappa shape index (κ3) is 4.15. The highest BCUT2D eigenvalue weighted by Gasteiger charge is 2.25. The molecule has 0 atom stereocenters. The van der Waals surface area contributed by atoms with E-state index in [1.54, 1.807) is 19.1 Å². The van der Waals surface area contributed by atoms with Gasteiger partial charge >= 0.3 is 0 Å². The van der Waals surface area contributed by atoms with Gasteiger partial charge in [0.1, 0.15) is 0 Å². The van der Waals surface area contributed by atoms with E-state index in [9.17, 15) is 13.2 Å². The zero-order valence-corrected chi connectivity index (χ0v) is 15.7. The van der Waals surface area contributed by atoms with E-state index >= 15 is 0 Å². The fraction of sp³-hybridized carbons (Fsp3) is 0.588. The van der Waals surface area contributed by atoms with Crippen LogP contribution in [0.3, 0.4) is 0 Å². The molecule has 1 fully saturated rings. The van der Waals surface area contributed by atoms with E-state index in [2.05, 4.69) is 23.5 Å². The van der Waals surface area contributed by atoms with Gasteiger partial charge in [-0.1, -0.05) is 13.0 Å². The van der Waals surface area contributed by atoms with Crippen LogP contribution in [0.1, 0.15) is 36.7 Å². The first-order valence-corrected chi connectivity index (χ1v) is 9.88. The van der Waals surface area contributed by atoms with E-state index in [0.29, 0.717) is 31.2 Å². The van der Waals surface area contributed by atoms with Crippen LogP contribution in [-0.4, -0.2) is 62.9 Å². The zero-order chi connectivity index (χ0) is 17.9. The molecule has 1 aliphatic heterocycles. The number of carbonyl (C=O) groups is 1. The number of benzene rings is 1. The summed E-state index contributed by atoms with van der Waals surface area (Å²) < 4.78 is 26.8. The van der Waals surface area contributed by atoms with E-state index in [-0.39, 0.29) is 10.8 Å². The minimum absolute atomic E-state index is 0.0931. The van der Waals surface area contributed by atoms with Crippen molar-refractivity contribution in [2.45, 2.75) is 38.6 Å². The second-order valence-corrected chi connectivity index (χ2v) is 8.17. The summed E-state index contributed by atoms with van der Waals surface area (Å²) in [5.74, 6) is -0.0931. The monoisotopic (exact) mass is 353 g/mol. The number of rotatable bonds is 5. The summed E-state index contributed by atoms with van der Waals surface area (Å²) in [6, 6.07) is 5.20. The maximum absolute atomic E-state index is 12.8. The third-order valence-electron chi connectivity index (χ3n) is 4.42. The van der Waals surface area contributed by atoms with E-state index in [1.165, 1.54) is 6.07 Å². The summed E-state index contributed by atoms with van der Waals surface area (Å²) in [4.78, 5) is 17.1. The standard InChI is InChI=1S/C17H27N3O3S/c1-5-18-24(22,23)15-7-6-14(4)16(12-15)17(21)20-10-8-19(9-11-20)13(2)3/h6-7,12-13,18H,5,8-11H2,1-4H3. The quantitative estimate of drug-likeness (QED) is 0.870. The Hall–Kier alpha value is -1.44. The first-order chi connectivity index (χ1) is 11.3. The van der Waals surface area contributed by atoms with Gasteiger partial charge in [0, 0.05) is 44.3 Å². The van der Waals surface area contributed by atoms with Crippen LogP contribution < -0.4 is 4.72 Å². The maximum Gasteiger partial charge on any atom is 0.254 e. The number of amides is 1. The molecule has 0 unspecified atom stereocenters. The number of piperazine rings is 1. The van der Waals surface area contributed by atoms with Gasteiger partial charge in [0.15, 0.2) is 0 Å². The highest BCUT2D eigenvalue weighted by molar-refractivity contribution is 7.89. The van der Waals surface area contributed by atoms with Crippen LogP contribution in [0, 0.1) is 6.92 Å². The minimum Gasteiger partial charge on any atom is -0.336 e. The Morgan fingerprint density at radius 2 is 1.83 bits per heavy atom. The molecule has 1 aliphatic rings. The Labute approximate surface area is 144 Å². The van der Waals surface area contributed by atoms with Gasteiger partial charge < -0.3 is 4.90 Å². The lowest BCUT2D eigenvalue weighted by atomic mass is 10.1. The van der Waals surface area contributed by atoms with Crippen LogP contribution in [0.25, 0.3) is 0 Å². The van der Waals surface area contributed by atoms with Gasteiger partial charge in [0.25, 0.3) is 5.91 Å². The Kier molecular flexibility index (Phi) is 6.01. The number of hydrogen-bond donors (Lipinski definition) is 1. The van der Waals surface area contributed by atoms with Crippen LogP contribution in [0.15, 0.2) is 23.1 Å². The molecule has 1 amide bonds. The van der Waals surface area contributed by atoms with Crippen molar-refractivity contribution in [2.24, 2.45) is 0 Å². The lowest BCUT2D eigenvalue weighted by molar-refractivity contribution is 0.0594. The molecular weight excluding hydrogens is 326 g/mol. The van der Waals surface area contributed by atoms with Crippen molar-refractivity contribution in [2.75, 3.05) is 32.7 Å². The number of nitrogens with one attached hydrogen (secondary N) is 1. The van der Waals surface area contributed by atoms with Gasteiger partial charge in [-0.25, -0.2) is 13.1 Å². The number of aryl methyl sites for hydroxylation is 1. The van der Waals surface area contributed by atoms with Crippen molar-refractivity contribution in [1.82, 2.24) is 14.5 Å². The van der Waals surface area contributed by atoms with Crippen LogP contribution in [-0.2, 0) is 10.0 Å². The third-order valence-corrected chi connectivity index (χ3v) is 5.96. The molecule has 1 heterocycles. The van der Waals surface area contributed by atoms with Gasteiger partial charge in [-0.15, -0.1) is 0 Å². The second kappa shape index (κ2) is 7.63. The maximum atomic E-state index is 12.8. The summed E-state index contributed by atoms with van der Waals surface area (Å²) in [6.45, 7) is 11.2. The molecule has 0 bridgehead atoms. The normalized spacial score (nSPS) is 16.6. The van der Waals surface area contributed by atoms with Crippen molar-refractivity contribution in [1.29, 1.82) is 0 Å². The molecular formula is C17H27N3O3S. The predicted octanol–water partition coefficient (Wildman–Crippen LogP) is 1.46. The fourth-order valence-corrected chi connectivity index (χ4v) is 3.95. The van der Waals surface area contributed by atoms with E-state index < -0.39 is 10.0 Å². The van der Waals surface area contributed by atoms with Gasteiger partial charge in [0.2, 0.25) is 10.0 Å². The second-order valence-electron chi connectivity index (χ2n) is 6.40. The van der Waals surface area contributed by atoms with Gasteiger partial charge in [-0.05, 0) is 38.5 Å². The van der Waals surface area contributed by atoms with Gasteiger partial charge in [-0.3, -0.25) is 9.69 Å². The van der Waals surface area contributed by atoms with Crippen molar-refractivity contribution in [3.63, 3.8) is 0 Å². The molecule has 1 aromatic rings. The summed E-state index contributed by atoms with van der Waals surface area (Å²) >= 11 is 0. The van der Waals surface area contributed by atoms with Crippen molar-refractivity contribution in [3.05, 3.63) is 29.3 Å². The molecule has 0 spiro atoms. The summed E-state index contributed by atoms with van der Waals surface area (Å²) in [7, 11) is -3.56. The number of hydrogen-bond acceptors (Lipinski definition) is 4. The largest absolute Gasteiger partial charge is 0.336 e. The first-order valence-electron chi connectivity index (χ1n) is 8.40. The van der Waals surface area contributed by atoms with Crippen LogP contribution in [0.2, 0.25) is 0 Å². The van der Waals surface area contributed by atoms with Crippen molar-refractivity contribution >= 4 is 15.9 Å².